The maximum atomic E-state index is 12.8. The fraction of sp³-hybridized carbons (Fsp3) is 0.160. The average molecular weight is 665 g/mol. The number of hydrogen-bond acceptors (Lipinski definition) is 11. The number of ether oxygens (including phenoxy) is 1. The molecule has 0 saturated carbocycles. The Morgan fingerprint density at radius 2 is 1.67 bits per heavy atom. The molecule has 2 radical (unpaired) electrons. The summed E-state index contributed by atoms with van der Waals surface area (Å²) in [5.74, 6) is -1.21. The predicted molar refractivity (Wildman–Crippen MR) is 162 cm³/mol. The van der Waals surface area contributed by atoms with Crippen LogP contribution < -0.4 is 10.1 Å². The summed E-state index contributed by atoms with van der Waals surface area (Å²) in [6.45, 7) is 2.61. The summed E-state index contributed by atoms with van der Waals surface area (Å²) >= 11 is 0.885. The van der Waals surface area contributed by atoms with Gasteiger partial charge < -0.3 is 10.1 Å². The molecular formula is C25H22N4Na2O9S3. The molecule has 1 heterocycles. The van der Waals surface area contributed by atoms with Crippen molar-refractivity contribution in [1.82, 2.24) is 4.98 Å². The number of hydrogen-bond donors (Lipinski definition) is 3. The van der Waals surface area contributed by atoms with Gasteiger partial charge in [-0.1, -0.05) is 18.2 Å². The van der Waals surface area contributed by atoms with E-state index in [0.717, 1.165) is 24.3 Å². The third kappa shape index (κ3) is 8.55. The van der Waals surface area contributed by atoms with Crippen LogP contribution in [0.25, 0.3) is 20.8 Å². The van der Waals surface area contributed by atoms with Gasteiger partial charge in [0, 0.05) is 64.7 Å². The molecule has 18 heteroatoms. The fourth-order valence-corrected chi connectivity index (χ4v) is 6.79. The molecule has 4 aromatic rings. The standard InChI is InChI=1S/C25H22N4O9S3.2Na/c1-13-8-10-18-22(23(13)41(35,36)37)39-25(27-18)15-9-11-17(20(12-15)40(32,33)34)28-29-21(14(2)30)24(31)26-16-6-4-5-7-19(16)38-3;;/h4-12,21H,1-3H3,(H,26,31)(H,32,33,34)(H,35,36,37);;. The Balaban J connectivity index is 0.00000323. The summed E-state index contributed by atoms with van der Waals surface area (Å²) in [5, 5.41) is 10.2. The van der Waals surface area contributed by atoms with Crippen LogP contribution in [0.4, 0.5) is 11.4 Å². The van der Waals surface area contributed by atoms with Crippen LogP contribution in [0.15, 0.2) is 74.6 Å². The minimum Gasteiger partial charge on any atom is -0.495 e. The molecular weight excluding hydrogens is 642 g/mol. The third-order valence-corrected chi connectivity index (χ3v) is 8.92. The van der Waals surface area contributed by atoms with Crippen molar-refractivity contribution in [2.45, 2.75) is 29.7 Å². The van der Waals surface area contributed by atoms with Crippen LogP contribution >= 0.6 is 11.3 Å². The molecule has 1 amide bonds. The van der Waals surface area contributed by atoms with Gasteiger partial charge >= 0.3 is 0 Å². The van der Waals surface area contributed by atoms with E-state index in [-0.39, 0.29) is 96.2 Å². The molecule has 1 unspecified atom stereocenters. The number of nitrogens with zero attached hydrogens (tertiary/aromatic N) is 3. The van der Waals surface area contributed by atoms with Crippen molar-refractivity contribution in [2.24, 2.45) is 10.2 Å². The quantitative estimate of drug-likeness (QED) is 0.103. The number of nitrogens with one attached hydrogen (secondary N) is 1. The summed E-state index contributed by atoms with van der Waals surface area (Å²) in [7, 11) is -8.07. The number of carbonyl (C=O) groups excluding carboxylic acids is 2. The number of amides is 1. The first-order chi connectivity index (χ1) is 19.2. The minimum absolute atomic E-state index is 0. The summed E-state index contributed by atoms with van der Waals surface area (Å²) in [6.07, 6.45) is 0. The Morgan fingerprint density at radius 1 is 1.00 bits per heavy atom. The largest absolute Gasteiger partial charge is 0.495 e. The number of Topliss-reactive ketones (excluding diaryl/α,β-unsaturated/α-hetero) is 1. The van der Waals surface area contributed by atoms with Gasteiger partial charge in [0.25, 0.3) is 26.1 Å². The summed E-state index contributed by atoms with van der Waals surface area (Å²) < 4.78 is 73.2. The maximum Gasteiger partial charge on any atom is 0.296 e. The second kappa shape index (κ2) is 14.8. The van der Waals surface area contributed by atoms with Crippen molar-refractivity contribution in [3.05, 3.63) is 60.2 Å². The molecule has 0 fully saturated rings. The number of anilines is 1. The topological polar surface area (TPSA) is 202 Å². The molecule has 0 aliphatic heterocycles. The zero-order valence-corrected chi connectivity index (χ0v) is 30.0. The summed E-state index contributed by atoms with van der Waals surface area (Å²) in [4.78, 5) is 28.3. The van der Waals surface area contributed by atoms with E-state index in [2.05, 4.69) is 20.5 Å². The van der Waals surface area contributed by atoms with Gasteiger partial charge in [0.2, 0.25) is 6.04 Å². The number of fused-ring (bicyclic) bond motifs is 1. The number of para-hydroxylation sites is 2. The number of rotatable bonds is 9. The second-order valence-corrected chi connectivity index (χ2v) is 12.4. The van der Waals surface area contributed by atoms with Crippen LogP contribution in [-0.4, -0.2) is 115 Å². The van der Waals surface area contributed by atoms with E-state index >= 15 is 0 Å². The summed E-state index contributed by atoms with van der Waals surface area (Å²) in [5.41, 5.74) is 0.606. The number of ketones is 1. The van der Waals surface area contributed by atoms with Crippen molar-refractivity contribution in [1.29, 1.82) is 0 Å². The first kappa shape index (κ1) is 37.1. The molecule has 13 nitrogen and oxygen atoms in total. The van der Waals surface area contributed by atoms with Gasteiger partial charge in [-0.15, -0.1) is 11.3 Å². The molecule has 0 spiro atoms. The van der Waals surface area contributed by atoms with Crippen LogP contribution in [0.3, 0.4) is 0 Å². The number of azo groups is 1. The van der Waals surface area contributed by atoms with E-state index in [0.29, 0.717) is 11.3 Å². The Morgan fingerprint density at radius 3 is 2.28 bits per heavy atom. The van der Waals surface area contributed by atoms with Gasteiger partial charge in [-0.25, -0.2) is 4.98 Å². The molecule has 0 bridgehead atoms. The van der Waals surface area contributed by atoms with Crippen molar-refractivity contribution >= 4 is 124 Å². The Bertz CT molecular complexity index is 1950. The van der Waals surface area contributed by atoms with Crippen LogP contribution in [0.5, 0.6) is 5.75 Å². The van der Waals surface area contributed by atoms with Gasteiger partial charge in [0.05, 0.1) is 23.0 Å². The van der Waals surface area contributed by atoms with E-state index in [1.807, 2.05) is 0 Å². The van der Waals surface area contributed by atoms with Crippen LogP contribution in [0.2, 0.25) is 0 Å². The Labute approximate surface area is 295 Å². The van der Waals surface area contributed by atoms with Crippen LogP contribution in [0.1, 0.15) is 12.5 Å². The summed E-state index contributed by atoms with van der Waals surface area (Å²) in [6, 6.07) is 11.4. The van der Waals surface area contributed by atoms with Crippen molar-refractivity contribution in [3.8, 4) is 16.3 Å². The Hall–Kier alpha value is -2.09. The molecule has 216 valence electrons. The van der Waals surface area contributed by atoms with Gasteiger partial charge in [0.1, 0.15) is 26.2 Å². The van der Waals surface area contributed by atoms with Crippen LogP contribution in [0, 0.1) is 6.92 Å². The second-order valence-electron chi connectivity index (χ2n) is 8.63. The number of carbonyl (C=O) groups is 2. The van der Waals surface area contributed by atoms with Gasteiger partial charge in [0.15, 0.2) is 5.78 Å². The number of methoxy groups -OCH3 is 1. The van der Waals surface area contributed by atoms with E-state index in [1.54, 1.807) is 30.3 Å². The maximum absolute atomic E-state index is 12.8. The smallest absolute Gasteiger partial charge is 0.296 e. The monoisotopic (exact) mass is 664 g/mol. The van der Waals surface area contributed by atoms with Gasteiger partial charge in [-0.3, -0.25) is 18.7 Å². The zero-order valence-electron chi connectivity index (χ0n) is 23.6. The average Bonchev–Trinajstić information content (AvgIpc) is 3.31. The van der Waals surface area contributed by atoms with Gasteiger partial charge in [-0.2, -0.15) is 27.1 Å². The molecule has 3 N–H and O–H groups in total. The Kier molecular flexibility index (Phi) is 12.8. The predicted octanol–water partition coefficient (Wildman–Crippen LogP) is 3.69. The molecule has 43 heavy (non-hydrogen) atoms. The van der Waals surface area contributed by atoms with E-state index in [1.165, 1.54) is 32.2 Å². The van der Waals surface area contributed by atoms with Crippen LogP contribution in [-0.2, 0) is 29.8 Å². The number of benzene rings is 3. The zero-order chi connectivity index (χ0) is 30.1. The molecule has 4 rings (SSSR count). The first-order valence-corrected chi connectivity index (χ1v) is 15.2. The minimum atomic E-state index is -4.89. The number of aryl methyl sites for hydroxylation is 1. The van der Waals surface area contributed by atoms with Crippen molar-refractivity contribution in [2.75, 3.05) is 12.4 Å². The fourth-order valence-electron chi connectivity index (χ4n) is 3.83. The van der Waals surface area contributed by atoms with Gasteiger partial charge in [-0.05, 0) is 55.8 Å². The van der Waals surface area contributed by atoms with E-state index in [4.69, 9.17) is 4.74 Å². The molecule has 0 aliphatic carbocycles. The molecule has 0 saturated heterocycles. The van der Waals surface area contributed by atoms with Crippen molar-refractivity contribution in [3.63, 3.8) is 0 Å². The molecule has 1 aromatic heterocycles. The number of thiazole rings is 1. The van der Waals surface area contributed by atoms with Crippen molar-refractivity contribution < 1.29 is 40.3 Å². The molecule has 0 aliphatic rings. The third-order valence-electron chi connectivity index (χ3n) is 5.73. The van der Waals surface area contributed by atoms with E-state index in [9.17, 15) is 35.5 Å². The van der Waals surface area contributed by atoms with E-state index < -0.39 is 42.9 Å². The number of aromatic nitrogens is 1. The molecule has 1 atom stereocenters. The SMILES string of the molecule is COc1ccccc1NC(=O)C(N=Nc1ccc(-c2nc3ccc(C)c(S(=O)(=O)O)c3s2)cc1S(=O)(=O)O)C(C)=O.[Na].[Na]. The molecule has 3 aromatic carbocycles. The first-order valence-electron chi connectivity index (χ1n) is 11.6. The normalized spacial score (nSPS) is 12.3.